The molecule has 0 amide bonds. The Kier molecular flexibility index (Phi) is 12.5. The molecule has 0 saturated carbocycles. The Hall–Kier alpha value is -0.773. The zero-order valence-corrected chi connectivity index (χ0v) is 14.2. The fourth-order valence-electron chi connectivity index (χ4n) is 1.23. The summed E-state index contributed by atoms with van der Waals surface area (Å²) >= 11 is 0. The molecule has 1 atom stereocenters. The van der Waals surface area contributed by atoms with Gasteiger partial charge in [-0.1, -0.05) is 13.5 Å². The topological polar surface area (TPSA) is 94.5 Å². The SMILES string of the molecule is C=C(C)C(=O)OCC(C)C[SiH2]OC(OCCO)OCCO. The predicted molar refractivity (Wildman–Crippen MR) is 79.2 cm³/mol. The molecule has 0 bridgehead atoms. The van der Waals surface area contributed by atoms with E-state index in [4.69, 9.17) is 28.8 Å². The number of aliphatic hydroxyl groups excluding tert-OH is 2. The maximum atomic E-state index is 11.2. The van der Waals surface area contributed by atoms with E-state index in [0.29, 0.717) is 12.2 Å². The van der Waals surface area contributed by atoms with E-state index in [1.54, 1.807) is 6.92 Å². The molecule has 0 rings (SSSR count). The second kappa shape index (κ2) is 12.9. The van der Waals surface area contributed by atoms with Crippen molar-refractivity contribution in [2.75, 3.05) is 33.0 Å². The van der Waals surface area contributed by atoms with Gasteiger partial charge in [0.05, 0.1) is 33.0 Å². The molecule has 7 nitrogen and oxygen atoms in total. The third-order valence-corrected chi connectivity index (χ3v) is 4.13. The zero-order valence-electron chi connectivity index (χ0n) is 12.7. The molecule has 0 aromatic heterocycles. The van der Waals surface area contributed by atoms with Crippen molar-refractivity contribution in [1.29, 1.82) is 0 Å². The third kappa shape index (κ3) is 11.5. The lowest BCUT2D eigenvalue weighted by Gasteiger charge is -2.19. The number of rotatable bonds is 13. The van der Waals surface area contributed by atoms with Crippen LogP contribution in [0.1, 0.15) is 13.8 Å². The molecule has 1 unspecified atom stereocenters. The number of ether oxygens (including phenoxy) is 3. The number of hydrogen-bond donors (Lipinski definition) is 2. The molecular weight excluding hydrogens is 296 g/mol. The molecule has 0 fully saturated rings. The summed E-state index contributed by atoms with van der Waals surface area (Å²) in [7, 11) is -0.931. The molecule has 21 heavy (non-hydrogen) atoms. The van der Waals surface area contributed by atoms with Gasteiger partial charge in [-0.05, 0) is 18.9 Å². The van der Waals surface area contributed by atoms with Gasteiger partial charge in [-0.15, -0.1) is 0 Å². The minimum atomic E-state index is -0.931. The van der Waals surface area contributed by atoms with Crippen LogP contribution in [-0.4, -0.2) is 65.5 Å². The Balaban J connectivity index is 3.84. The Morgan fingerprint density at radius 3 is 2.29 bits per heavy atom. The molecule has 0 aliphatic rings. The molecule has 8 heteroatoms. The Morgan fingerprint density at radius 1 is 1.24 bits per heavy atom. The number of hydrogen-bond acceptors (Lipinski definition) is 7. The van der Waals surface area contributed by atoms with Crippen LogP contribution < -0.4 is 0 Å². The second-order valence-corrected chi connectivity index (χ2v) is 5.94. The lowest BCUT2D eigenvalue weighted by Crippen LogP contribution is -2.26. The Labute approximate surface area is 127 Å². The smallest absolute Gasteiger partial charge is 0.333 e. The van der Waals surface area contributed by atoms with E-state index in [2.05, 4.69) is 6.58 Å². The van der Waals surface area contributed by atoms with Crippen molar-refractivity contribution in [2.45, 2.75) is 26.4 Å². The molecule has 0 aromatic rings. The van der Waals surface area contributed by atoms with Gasteiger partial charge in [-0.3, -0.25) is 0 Å². The van der Waals surface area contributed by atoms with Gasteiger partial charge in [0.25, 0.3) is 6.48 Å². The monoisotopic (exact) mass is 322 g/mol. The largest absolute Gasteiger partial charge is 0.462 e. The van der Waals surface area contributed by atoms with Crippen molar-refractivity contribution in [3.63, 3.8) is 0 Å². The lowest BCUT2D eigenvalue weighted by molar-refractivity contribution is -0.252. The third-order valence-electron chi connectivity index (χ3n) is 2.40. The van der Waals surface area contributed by atoms with Crippen molar-refractivity contribution in [3.05, 3.63) is 12.2 Å². The summed E-state index contributed by atoms with van der Waals surface area (Å²) in [4.78, 5) is 11.2. The molecule has 0 aliphatic heterocycles. The first kappa shape index (κ1) is 20.2. The fourth-order valence-corrected chi connectivity index (χ4v) is 2.32. The number of aliphatic hydroxyl groups is 2. The molecule has 0 heterocycles. The first-order chi connectivity index (χ1) is 10.0. The number of esters is 1. The van der Waals surface area contributed by atoms with Crippen LogP contribution in [0.3, 0.4) is 0 Å². The van der Waals surface area contributed by atoms with Crippen molar-refractivity contribution < 1.29 is 33.6 Å². The maximum Gasteiger partial charge on any atom is 0.333 e. The van der Waals surface area contributed by atoms with Crippen molar-refractivity contribution >= 4 is 15.7 Å². The van der Waals surface area contributed by atoms with Crippen LogP contribution in [0.2, 0.25) is 6.04 Å². The van der Waals surface area contributed by atoms with Crippen LogP contribution in [-0.2, 0) is 23.4 Å². The van der Waals surface area contributed by atoms with Gasteiger partial charge in [0, 0.05) is 5.57 Å². The quantitative estimate of drug-likeness (QED) is 0.205. The number of carbonyl (C=O) groups excluding carboxylic acids is 1. The van der Waals surface area contributed by atoms with Crippen LogP contribution in [0.5, 0.6) is 0 Å². The van der Waals surface area contributed by atoms with Crippen LogP contribution in [0.25, 0.3) is 0 Å². The van der Waals surface area contributed by atoms with E-state index in [1.165, 1.54) is 0 Å². The highest BCUT2D eigenvalue weighted by atomic mass is 28.2. The highest BCUT2D eigenvalue weighted by Crippen LogP contribution is 2.06. The first-order valence-corrected chi connectivity index (χ1v) is 8.48. The van der Waals surface area contributed by atoms with Crippen LogP contribution >= 0.6 is 0 Å². The maximum absolute atomic E-state index is 11.2. The van der Waals surface area contributed by atoms with Gasteiger partial charge < -0.3 is 28.8 Å². The van der Waals surface area contributed by atoms with Gasteiger partial charge in [-0.2, -0.15) is 0 Å². The highest BCUT2D eigenvalue weighted by molar-refractivity contribution is 6.27. The highest BCUT2D eigenvalue weighted by Gasteiger charge is 2.12. The summed E-state index contributed by atoms with van der Waals surface area (Å²) in [6, 6.07) is 0.783. The standard InChI is InChI=1S/C13H26O7Si/c1-10(2)12(16)19-8-11(3)9-21-20-13(17-6-4-14)18-7-5-15/h11,13-15H,1,4-9,21H2,2-3H3. The average molecular weight is 322 g/mol. The van der Waals surface area contributed by atoms with Gasteiger partial charge in [0.1, 0.15) is 0 Å². The zero-order chi connectivity index (χ0) is 16.1. The van der Waals surface area contributed by atoms with E-state index in [1.807, 2.05) is 6.92 Å². The van der Waals surface area contributed by atoms with Crippen molar-refractivity contribution in [1.82, 2.24) is 0 Å². The second-order valence-electron chi connectivity index (χ2n) is 4.62. The molecule has 2 N–H and O–H groups in total. The summed E-state index contributed by atoms with van der Waals surface area (Å²) < 4.78 is 20.8. The molecule has 0 saturated heterocycles. The van der Waals surface area contributed by atoms with Gasteiger partial charge in [-0.25, -0.2) is 4.79 Å². The van der Waals surface area contributed by atoms with Crippen LogP contribution in [0.15, 0.2) is 12.2 Å². The van der Waals surface area contributed by atoms with E-state index >= 15 is 0 Å². The van der Waals surface area contributed by atoms with E-state index in [9.17, 15) is 4.79 Å². The fraction of sp³-hybridized carbons (Fsp3) is 0.769. The van der Waals surface area contributed by atoms with E-state index in [-0.39, 0.29) is 38.3 Å². The summed E-state index contributed by atoms with van der Waals surface area (Å²) in [5, 5.41) is 17.4. The molecule has 0 aromatic carbocycles. The summed E-state index contributed by atoms with van der Waals surface area (Å²) in [6.45, 7) is 6.49. The molecule has 0 radical (unpaired) electrons. The van der Waals surface area contributed by atoms with Gasteiger partial charge >= 0.3 is 5.97 Å². The van der Waals surface area contributed by atoms with Crippen molar-refractivity contribution in [3.8, 4) is 0 Å². The summed E-state index contributed by atoms with van der Waals surface area (Å²) in [5.74, 6) is -0.212. The predicted octanol–water partition coefficient (Wildman–Crippen LogP) is -0.438. The minimum Gasteiger partial charge on any atom is -0.462 e. The normalized spacial score (nSPS) is 13.0. The minimum absolute atomic E-state index is 0.107. The Bertz CT molecular complexity index is 290. The summed E-state index contributed by atoms with van der Waals surface area (Å²) in [5.41, 5.74) is 0.380. The van der Waals surface area contributed by atoms with Crippen LogP contribution in [0.4, 0.5) is 0 Å². The van der Waals surface area contributed by atoms with E-state index in [0.717, 1.165) is 6.04 Å². The molecule has 0 aliphatic carbocycles. The molecular formula is C13H26O7Si. The lowest BCUT2D eigenvalue weighted by atomic mass is 10.2. The summed E-state index contributed by atoms with van der Waals surface area (Å²) in [6.07, 6.45) is 0. The Morgan fingerprint density at radius 2 is 1.81 bits per heavy atom. The number of carbonyl (C=O) groups is 1. The average Bonchev–Trinajstić information content (AvgIpc) is 2.46. The van der Waals surface area contributed by atoms with Crippen molar-refractivity contribution in [2.24, 2.45) is 5.92 Å². The van der Waals surface area contributed by atoms with Gasteiger partial charge in [0.15, 0.2) is 9.76 Å². The van der Waals surface area contributed by atoms with Gasteiger partial charge in [0.2, 0.25) is 0 Å². The van der Waals surface area contributed by atoms with Crippen LogP contribution in [0, 0.1) is 5.92 Å². The van der Waals surface area contributed by atoms with E-state index < -0.39 is 16.2 Å². The molecule has 124 valence electrons. The molecule has 0 spiro atoms. The first-order valence-electron chi connectivity index (χ1n) is 6.90.